The number of rotatable bonds is 3. The largest absolute Gasteiger partial charge is 0.358 e. The van der Waals surface area contributed by atoms with Gasteiger partial charge in [0.2, 0.25) is 9.84 Å². The summed E-state index contributed by atoms with van der Waals surface area (Å²) in [5.41, 5.74) is 3.69. The Kier molecular flexibility index (Phi) is 4.13. The maximum Gasteiger partial charge on any atom is 0.211 e. The van der Waals surface area contributed by atoms with E-state index in [9.17, 15) is 12.8 Å². The van der Waals surface area contributed by atoms with Crippen LogP contribution in [0.5, 0.6) is 0 Å². The molecule has 4 rings (SSSR count). The van der Waals surface area contributed by atoms with Crippen LogP contribution in [0.4, 0.5) is 4.39 Å². The van der Waals surface area contributed by atoms with Gasteiger partial charge in [0, 0.05) is 24.5 Å². The van der Waals surface area contributed by atoms with Gasteiger partial charge in [0.1, 0.15) is 10.7 Å². The number of fused-ring (bicyclic) bond motifs is 1. The number of aryl methyl sites for hydroxylation is 1. The summed E-state index contributed by atoms with van der Waals surface area (Å²) in [5.74, 6) is -0.756. The number of aromatic nitrogens is 2. The first-order chi connectivity index (χ1) is 12.5. The van der Waals surface area contributed by atoms with Gasteiger partial charge in [-0.1, -0.05) is 12.1 Å². The number of hydrogen-bond acceptors (Lipinski definition) is 4. The lowest BCUT2D eigenvalue weighted by atomic mass is 10.0. The lowest BCUT2D eigenvalue weighted by Gasteiger charge is -2.13. The summed E-state index contributed by atoms with van der Waals surface area (Å²) in [5, 5.41) is 3.25. The molecule has 26 heavy (non-hydrogen) atoms. The highest BCUT2D eigenvalue weighted by molar-refractivity contribution is 7.91. The number of benzene rings is 1. The Balaban J connectivity index is 1.91. The fourth-order valence-electron chi connectivity index (χ4n) is 3.27. The molecule has 5 nitrogen and oxygen atoms in total. The van der Waals surface area contributed by atoms with Crippen LogP contribution in [-0.2, 0) is 9.84 Å². The molecule has 2 aromatic heterocycles. The van der Waals surface area contributed by atoms with Crippen molar-refractivity contribution in [2.75, 3.05) is 13.1 Å². The molecule has 0 unspecified atom stereocenters. The quantitative estimate of drug-likeness (QED) is 0.741. The number of aromatic amines is 1. The second-order valence-electron chi connectivity index (χ2n) is 6.36. The average molecular weight is 371 g/mol. The topological polar surface area (TPSA) is 74.8 Å². The van der Waals surface area contributed by atoms with Crippen LogP contribution >= 0.6 is 0 Å². The van der Waals surface area contributed by atoms with Crippen molar-refractivity contribution in [1.29, 1.82) is 0 Å². The molecular formula is C19H18FN3O2S. The van der Waals surface area contributed by atoms with Crippen LogP contribution < -0.4 is 5.32 Å². The number of halogens is 1. The second-order valence-corrected chi connectivity index (χ2v) is 8.24. The molecule has 0 aliphatic carbocycles. The Morgan fingerprint density at radius 1 is 1.19 bits per heavy atom. The zero-order valence-electron chi connectivity index (χ0n) is 14.2. The highest BCUT2D eigenvalue weighted by Gasteiger charge is 2.26. The highest BCUT2D eigenvalue weighted by atomic mass is 32.2. The Morgan fingerprint density at radius 2 is 2.04 bits per heavy atom. The van der Waals surface area contributed by atoms with Gasteiger partial charge in [-0.2, -0.15) is 0 Å². The molecule has 1 aliphatic heterocycles. The normalized spacial score (nSPS) is 15.2. The first kappa shape index (κ1) is 16.9. The average Bonchev–Trinajstić information content (AvgIpc) is 3.08. The molecule has 7 heteroatoms. The van der Waals surface area contributed by atoms with Gasteiger partial charge in [-0.15, -0.1) is 0 Å². The van der Waals surface area contributed by atoms with E-state index < -0.39 is 15.7 Å². The molecule has 3 aromatic rings. The smallest absolute Gasteiger partial charge is 0.211 e. The van der Waals surface area contributed by atoms with Gasteiger partial charge in [0.05, 0.1) is 15.9 Å². The van der Waals surface area contributed by atoms with Gasteiger partial charge in [-0.05, 0) is 49.2 Å². The molecule has 0 amide bonds. The van der Waals surface area contributed by atoms with E-state index in [1.54, 1.807) is 19.2 Å². The van der Waals surface area contributed by atoms with Crippen LogP contribution in [0, 0.1) is 12.7 Å². The first-order valence-electron chi connectivity index (χ1n) is 8.36. The minimum atomic E-state index is -4.01. The molecule has 0 bridgehead atoms. The molecular weight excluding hydrogens is 353 g/mol. The summed E-state index contributed by atoms with van der Waals surface area (Å²) in [7, 11) is -4.01. The number of nitrogens with zero attached hydrogens (tertiary/aromatic N) is 1. The molecule has 0 fully saturated rings. The first-order valence-corrected chi connectivity index (χ1v) is 9.84. The van der Waals surface area contributed by atoms with Gasteiger partial charge in [0.25, 0.3) is 0 Å². The predicted molar refractivity (Wildman–Crippen MR) is 98.1 cm³/mol. The second kappa shape index (κ2) is 6.34. The van der Waals surface area contributed by atoms with Gasteiger partial charge < -0.3 is 10.3 Å². The van der Waals surface area contributed by atoms with E-state index >= 15 is 0 Å². The predicted octanol–water partition coefficient (Wildman–Crippen LogP) is 3.22. The molecule has 0 atom stereocenters. The minimum absolute atomic E-state index is 0.0350. The van der Waals surface area contributed by atoms with Crippen LogP contribution in [0.3, 0.4) is 0 Å². The lowest BCUT2D eigenvalue weighted by Crippen LogP contribution is -2.19. The van der Waals surface area contributed by atoms with E-state index in [1.807, 2.05) is 0 Å². The number of H-pyrrole nitrogens is 1. The highest BCUT2D eigenvalue weighted by Crippen LogP contribution is 2.33. The lowest BCUT2D eigenvalue weighted by molar-refractivity contribution is 0.567. The van der Waals surface area contributed by atoms with E-state index in [-0.39, 0.29) is 9.79 Å². The molecule has 0 spiro atoms. The van der Waals surface area contributed by atoms with Crippen molar-refractivity contribution < 1.29 is 12.8 Å². The maximum atomic E-state index is 14.2. The molecule has 1 aliphatic rings. The van der Waals surface area contributed by atoms with Gasteiger partial charge in [-0.25, -0.2) is 12.8 Å². The summed E-state index contributed by atoms with van der Waals surface area (Å²) in [6, 6.07) is 5.50. The Hall–Kier alpha value is -2.51. The van der Waals surface area contributed by atoms with E-state index in [0.29, 0.717) is 16.6 Å². The summed E-state index contributed by atoms with van der Waals surface area (Å²) >= 11 is 0. The molecule has 0 saturated carbocycles. The van der Waals surface area contributed by atoms with Gasteiger partial charge in [-0.3, -0.25) is 4.98 Å². The van der Waals surface area contributed by atoms with Crippen molar-refractivity contribution in [3.05, 3.63) is 59.7 Å². The zero-order chi connectivity index (χ0) is 18.3. The van der Waals surface area contributed by atoms with Crippen LogP contribution in [0.1, 0.15) is 17.5 Å². The monoisotopic (exact) mass is 371 g/mol. The van der Waals surface area contributed by atoms with Crippen molar-refractivity contribution in [2.24, 2.45) is 0 Å². The van der Waals surface area contributed by atoms with E-state index in [4.69, 9.17) is 0 Å². The Labute approximate surface area is 150 Å². The molecule has 1 aromatic carbocycles. The van der Waals surface area contributed by atoms with Crippen molar-refractivity contribution in [3.63, 3.8) is 0 Å². The van der Waals surface area contributed by atoms with Crippen molar-refractivity contribution >= 4 is 26.4 Å². The van der Waals surface area contributed by atoms with E-state index in [1.165, 1.54) is 24.4 Å². The molecule has 0 radical (unpaired) electrons. The van der Waals surface area contributed by atoms with Crippen molar-refractivity contribution in [1.82, 2.24) is 15.3 Å². The molecule has 2 N–H and O–H groups in total. The summed E-state index contributed by atoms with van der Waals surface area (Å²) in [4.78, 5) is 7.13. The minimum Gasteiger partial charge on any atom is -0.358 e. The third-order valence-electron chi connectivity index (χ3n) is 4.60. The third-order valence-corrected chi connectivity index (χ3v) is 6.42. The Bertz CT molecular complexity index is 1130. The van der Waals surface area contributed by atoms with E-state index in [0.717, 1.165) is 30.6 Å². The van der Waals surface area contributed by atoms with Gasteiger partial charge in [0.15, 0.2) is 0 Å². The summed E-state index contributed by atoms with van der Waals surface area (Å²) in [6.07, 6.45) is 6.16. The zero-order valence-corrected chi connectivity index (χ0v) is 15.0. The van der Waals surface area contributed by atoms with E-state index in [2.05, 4.69) is 21.4 Å². The standard InChI is InChI=1S/C19H18FN3O2S/c1-12-2-3-15(20)17(10-12)26(24,25)16-6-9-22-18-14(11-23-19(16)18)13-4-7-21-8-5-13/h2-4,6,9-11,21,23H,5,7-8H2,1H3. The summed E-state index contributed by atoms with van der Waals surface area (Å²) < 4.78 is 40.4. The fourth-order valence-corrected chi connectivity index (χ4v) is 4.84. The SMILES string of the molecule is Cc1ccc(F)c(S(=O)(=O)c2ccnc3c(C4=CCNCC4)c[nH]c23)c1. The summed E-state index contributed by atoms with van der Waals surface area (Å²) in [6.45, 7) is 3.37. The van der Waals surface area contributed by atoms with Crippen molar-refractivity contribution in [3.8, 4) is 0 Å². The maximum absolute atomic E-state index is 14.2. The van der Waals surface area contributed by atoms with Crippen LogP contribution in [-0.4, -0.2) is 31.5 Å². The Morgan fingerprint density at radius 3 is 2.81 bits per heavy atom. The van der Waals surface area contributed by atoms with Crippen LogP contribution in [0.2, 0.25) is 0 Å². The number of sulfone groups is 1. The number of pyridine rings is 1. The van der Waals surface area contributed by atoms with Crippen LogP contribution in [0.25, 0.3) is 16.6 Å². The van der Waals surface area contributed by atoms with Crippen LogP contribution in [0.15, 0.2) is 52.5 Å². The third kappa shape index (κ3) is 2.73. The number of nitrogens with one attached hydrogen (secondary N) is 2. The molecule has 0 saturated heterocycles. The molecule has 134 valence electrons. The van der Waals surface area contributed by atoms with Gasteiger partial charge >= 0.3 is 0 Å². The fraction of sp³-hybridized carbons (Fsp3) is 0.211. The molecule has 3 heterocycles. The number of hydrogen-bond donors (Lipinski definition) is 2. The van der Waals surface area contributed by atoms with Crippen molar-refractivity contribution in [2.45, 2.75) is 23.1 Å².